The van der Waals surface area contributed by atoms with Crippen LogP contribution in [-0.4, -0.2) is 23.0 Å². The Bertz CT molecular complexity index is 303. The normalized spacial score (nSPS) is 22.7. The van der Waals surface area contributed by atoms with E-state index in [1.165, 1.54) is 6.08 Å². The van der Waals surface area contributed by atoms with Crippen molar-refractivity contribution in [2.24, 2.45) is 11.8 Å². The topological polar surface area (TPSA) is 66.4 Å². The summed E-state index contributed by atoms with van der Waals surface area (Å²) in [5.41, 5.74) is 0. The maximum absolute atomic E-state index is 11.4. The Kier molecular flexibility index (Phi) is 2.75. The van der Waals surface area contributed by atoms with Gasteiger partial charge in [0.25, 0.3) is 0 Å². The number of carboxylic acids is 1. The average Bonchev–Trinajstić information content (AvgIpc) is 3.01. The number of aliphatic carboxylic acids is 1. The zero-order valence-electron chi connectivity index (χ0n) is 8.48. The Labute approximate surface area is 88.4 Å². The summed E-state index contributed by atoms with van der Waals surface area (Å²) in [7, 11) is 0. The first-order valence-corrected chi connectivity index (χ1v) is 5.38. The smallest absolute Gasteiger partial charge is 0.326 e. The van der Waals surface area contributed by atoms with E-state index in [9.17, 15) is 9.59 Å². The number of allylic oxidation sites excluding steroid dienone is 1. The Morgan fingerprint density at radius 2 is 1.93 bits per heavy atom. The fraction of sp³-hybridized carbons (Fsp3) is 0.636. The highest BCUT2D eigenvalue weighted by Crippen LogP contribution is 2.33. The van der Waals surface area contributed by atoms with Crippen molar-refractivity contribution >= 4 is 11.9 Å². The minimum absolute atomic E-state index is 0.140. The van der Waals surface area contributed by atoms with E-state index in [0.717, 1.165) is 25.7 Å². The predicted octanol–water partition coefficient (Wildman–Crippen LogP) is 0.932. The lowest BCUT2D eigenvalue weighted by Crippen LogP contribution is -2.41. The first-order valence-electron chi connectivity index (χ1n) is 5.38. The highest BCUT2D eigenvalue weighted by Gasteiger charge is 2.36. The highest BCUT2D eigenvalue weighted by molar-refractivity contribution is 5.91. The van der Waals surface area contributed by atoms with Crippen molar-refractivity contribution in [2.45, 2.75) is 31.7 Å². The number of carbonyl (C=O) groups is 2. The zero-order chi connectivity index (χ0) is 10.8. The molecular weight excluding hydrogens is 194 g/mol. The molecule has 2 saturated carbocycles. The van der Waals surface area contributed by atoms with Crippen LogP contribution in [0.15, 0.2) is 12.2 Å². The van der Waals surface area contributed by atoms with E-state index in [1.807, 2.05) is 6.08 Å². The summed E-state index contributed by atoms with van der Waals surface area (Å²) in [6.45, 7) is 0. The Morgan fingerprint density at radius 1 is 1.27 bits per heavy atom. The molecule has 4 nitrogen and oxygen atoms in total. The molecule has 0 saturated heterocycles. The van der Waals surface area contributed by atoms with E-state index in [1.54, 1.807) is 0 Å². The van der Waals surface area contributed by atoms with Crippen molar-refractivity contribution in [1.82, 2.24) is 5.32 Å². The summed E-state index contributed by atoms with van der Waals surface area (Å²) in [5, 5.41) is 11.4. The Balaban J connectivity index is 1.81. The molecule has 0 aromatic carbocycles. The van der Waals surface area contributed by atoms with Crippen LogP contribution in [0.3, 0.4) is 0 Å². The molecule has 0 heterocycles. The van der Waals surface area contributed by atoms with Crippen LogP contribution in [0.5, 0.6) is 0 Å². The molecule has 4 heteroatoms. The molecule has 0 aromatic heterocycles. The summed E-state index contributed by atoms with van der Waals surface area (Å²) < 4.78 is 0. The number of nitrogens with one attached hydrogen (secondary N) is 1. The van der Waals surface area contributed by atoms with Crippen LogP contribution >= 0.6 is 0 Å². The third-order valence-corrected chi connectivity index (χ3v) is 2.80. The van der Waals surface area contributed by atoms with E-state index in [4.69, 9.17) is 5.11 Å². The molecule has 2 fully saturated rings. The maximum atomic E-state index is 11.4. The predicted molar refractivity (Wildman–Crippen MR) is 54.2 cm³/mol. The summed E-state index contributed by atoms with van der Waals surface area (Å²) in [6.07, 6.45) is 7.44. The Hall–Kier alpha value is -1.32. The van der Waals surface area contributed by atoms with Gasteiger partial charge < -0.3 is 10.4 Å². The molecule has 15 heavy (non-hydrogen) atoms. The summed E-state index contributed by atoms with van der Waals surface area (Å²) in [5.74, 6) is -0.521. The Morgan fingerprint density at radius 3 is 2.40 bits per heavy atom. The highest BCUT2D eigenvalue weighted by atomic mass is 16.4. The molecule has 1 unspecified atom stereocenters. The largest absolute Gasteiger partial charge is 0.480 e. The number of hydrogen-bond acceptors (Lipinski definition) is 2. The quantitative estimate of drug-likeness (QED) is 0.662. The SMILES string of the molecule is O=C(/C=C/C1CC1)NC(C(=O)O)C1CC1. The maximum Gasteiger partial charge on any atom is 0.326 e. The molecule has 2 N–H and O–H groups in total. The van der Waals surface area contributed by atoms with E-state index in [0.29, 0.717) is 5.92 Å². The zero-order valence-corrected chi connectivity index (χ0v) is 8.48. The molecule has 0 bridgehead atoms. The van der Waals surface area contributed by atoms with Gasteiger partial charge in [-0.25, -0.2) is 4.79 Å². The first kappa shape index (κ1) is 10.2. The number of amides is 1. The molecule has 1 amide bonds. The standard InChI is InChI=1S/C11H15NO3/c13-9(6-3-7-1-2-7)12-10(11(14)15)8-4-5-8/h3,6-8,10H,1-2,4-5H2,(H,12,13)(H,14,15)/b6-3+. The molecule has 0 spiro atoms. The van der Waals surface area contributed by atoms with E-state index in [-0.39, 0.29) is 11.8 Å². The summed E-state index contributed by atoms with van der Waals surface area (Å²) in [6, 6.07) is -0.693. The number of rotatable bonds is 5. The second kappa shape index (κ2) is 4.04. The van der Waals surface area contributed by atoms with Crippen LogP contribution in [-0.2, 0) is 9.59 Å². The average molecular weight is 209 g/mol. The van der Waals surface area contributed by atoms with Crippen molar-refractivity contribution in [3.63, 3.8) is 0 Å². The van der Waals surface area contributed by atoms with Gasteiger partial charge >= 0.3 is 5.97 Å². The summed E-state index contributed by atoms with van der Waals surface area (Å²) >= 11 is 0. The molecular formula is C11H15NO3. The first-order chi connectivity index (χ1) is 7.16. The molecule has 82 valence electrons. The lowest BCUT2D eigenvalue weighted by atomic mass is 10.2. The van der Waals surface area contributed by atoms with Gasteiger partial charge in [0, 0.05) is 0 Å². The fourth-order valence-corrected chi connectivity index (χ4v) is 1.52. The number of carbonyl (C=O) groups excluding carboxylic acids is 1. The van der Waals surface area contributed by atoms with Gasteiger partial charge in [0.1, 0.15) is 6.04 Å². The van der Waals surface area contributed by atoms with Gasteiger partial charge in [0.2, 0.25) is 5.91 Å². The molecule has 2 aliphatic rings. The van der Waals surface area contributed by atoms with Crippen molar-refractivity contribution in [2.75, 3.05) is 0 Å². The molecule has 0 aliphatic heterocycles. The lowest BCUT2D eigenvalue weighted by Gasteiger charge is -2.11. The van der Waals surface area contributed by atoms with Gasteiger partial charge in [-0.3, -0.25) is 4.79 Å². The van der Waals surface area contributed by atoms with Crippen LogP contribution < -0.4 is 5.32 Å². The molecule has 1 atom stereocenters. The molecule has 0 radical (unpaired) electrons. The van der Waals surface area contributed by atoms with Gasteiger partial charge in [-0.1, -0.05) is 6.08 Å². The third kappa shape index (κ3) is 3.08. The lowest BCUT2D eigenvalue weighted by molar-refractivity contribution is -0.141. The number of carboxylic acid groups (broad SMARTS) is 1. The van der Waals surface area contributed by atoms with Crippen LogP contribution in [0.2, 0.25) is 0 Å². The van der Waals surface area contributed by atoms with Crippen LogP contribution in [0.1, 0.15) is 25.7 Å². The van der Waals surface area contributed by atoms with Crippen molar-refractivity contribution in [1.29, 1.82) is 0 Å². The van der Waals surface area contributed by atoms with Gasteiger partial charge in [0.15, 0.2) is 0 Å². The van der Waals surface area contributed by atoms with Gasteiger partial charge in [0.05, 0.1) is 0 Å². The summed E-state index contributed by atoms with van der Waals surface area (Å²) in [4.78, 5) is 22.2. The molecule has 2 aliphatic carbocycles. The molecule has 0 aromatic rings. The van der Waals surface area contributed by atoms with Crippen molar-refractivity contribution in [3.8, 4) is 0 Å². The minimum atomic E-state index is -0.925. The van der Waals surface area contributed by atoms with E-state index < -0.39 is 12.0 Å². The number of hydrogen-bond donors (Lipinski definition) is 2. The second-order valence-electron chi connectivity index (χ2n) is 4.36. The monoisotopic (exact) mass is 209 g/mol. The fourth-order valence-electron chi connectivity index (χ4n) is 1.52. The third-order valence-electron chi connectivity index (χ3n) is 2.80. The van der Waals surface area contributed by atoms with Gasteiger partial charge in [-0.05, 0) is 43.6 Å². The van der Waals surface area contributed by atoms with E-state index in [2.05, 4.69) is 5.32 Å². The van der Waals surface area contributed by atoms with Crippen LogP contribution in [0.4, 0.5) is 0 Å². The van der Waals surface area contributed by atoms with E-state index >= 15 is 0 Å². The van der Waals surface area contributed by atoms with Crippen molar-refractivity contribution < 1.29 is 14.7 Å². The second-order valence-corrected chi connectivity index (χ2v) is 4.36. The minimum Gasteiger partial charge on any atom is -0.480 e. The van der Waals surface area contributed by atoms with Crippen LogP contribution in [0.25, 0.3) is 0 Å². The van der Waals surface area contributed by atoms with Crippen molar-refractivity contribution in [3.05, 3.63) is 12.2 Å². The molecule has 2 rings (SSSR count). The van der Waals surface area contributed by atoms with Crippen LogP contribution in [0, 0.1) is 11.8 Å². The van der Waals surface area contributed by atoms with Gasteiger partial charge in [-0.15, -0.1) is 0 Å². The van der Waals surface area contributed by atoms with Gasteiger partial charge in [-0.2, -0.15) is 0 Å².